The second-order valence-corrected chi connectivity index (χ2v) is 9.29. The van der Waals surface area contributed by atoms with Gasteiger partial charge in [-0.25, -0.2) is 4.79 Å². The van der Waals surface area contributed by atoms with E-state index in [1.54, 1.807) is 24.9 Å². The Hall–Kier alpha value is -4.83. The minimum Gasteiger partial charge on any atom is -0.481 e. The van der Waals surface area contributed by atoms with Gasteiger partial charge in [-0.2, -0.15) is 5.10 Å². The number of rotatable bonds is 7. The average Bonchev–Trinajstić information content (AvgIpc) is 3.68. The van der Waals surface area contributed by atoms with Gasteiger partial charge < -0.3 is 9.84 Å². The molecule has 5 rings (SSSR count). The highest BCUT2D eigenvalue weighted by molar-refractivity contribution is 5.90. The number of aryl methyl sites for hydroxylation is 1. The van der Waals surface area contributed by atoms with Crippen LogP contribution in [0.4, 0.5) is 10.6 Å². The van der Waals surface area contributed by atoms with E-state index >= 15 is 0 Å². The Balaban J connectivity index is 1.32. The highest BCUT2D eigenvalue weighted by Crippen LogP contribution is 2.48. The van der Waals surface area contributed by atoms with Gasteiger partial charge in [0.05, 0.1) is 11.6 Å². The quantitative estimate of drug-likeness (QED) is 0.293. The van der Waals surface area contributed by atoms with Crippen molar-refractivity contribution in [2.75, 3.05) is 5.32 Å². The first-order valence-corrected chi connectivity index (χ1v) is 12.3. The minimum absolute atomic E-state index is 0.506. The summed E-state index contributed by atoms with van der Waals surface area (Å²) in [5.74, 6) is 5.50. The van der Waals surface area contributed by atoms with Crippen LogP contribution in [0.25, 0.3) is 22.3 Å². The van der Waals surface area contributed by atoms with Crippen molar-refractivity contribution in [3.63, 3.8) is 0 Å². The van der Waals surface area contributed by atoms with E-state index < -0.39 is 23.6 Å². The van der Waals surface area contributed by atoms with Gasteiger partial charge in [0.25, 0.3) is 0 Å². The molecule has 7 heteroatoms. The van der Waals surface area contributed by atoms with E-state index in [0.29, 0.717) is 18.7 Å². The lowest BCUT2D eigenvalue weighted by Crippen LogP contribution is -2.19. The maximum atomic E-state index is 12.8. The number of hydrogen-bond acceptors (Lipinski definition) is 4. The molecule has 2 N–H and O–H groups in total. The molecule has 0 spiro atoms. The molecule has 1 unspecified atom stereocenters. The SMILES string of the molecule is CC#CC(OC(=O)Nc1c(-c2ccc(-c3ccc(C4(C(=O)O)CC4)cc3)cc2)cnn1C)c1ccccc1. The lowest BCUT2D eigenvalue weighted by atomic mass is 9.93. The van der Waals surface area contributed by atoms with Gasteiger partial charge in [0.1, 0.15) is 5.82 Å². The van der Waals surface area contributed by atoms with Gasteiger partial charge in [0.15, 0.2) is 6.10 Å². The molecule has 0 bridgehead atoms. The van der Waals surface area contributed by atoms with Crippen molar-refractivity contribution in [2.24, 2.45) is 7.05 Å². The number of ether oxygens (including phenoxy) is 1. The predicted molar refractivity (Wildman–Crippen MR) is 145 cm³/mol. The van der Waals surface area contributed by atoms with Crippen LogP contribution in [0.2, 0.25) is 0 Å². The van der Waals surface area contributed by atoms with Gasteiger partial charge >= 0.3 is 12.1 Å². The van der Waals surface area contributed by atoms with Gasteiger partial charge in [-0.05, 0) is 42.0 Å². The van der Waals surface area contributed by atoms with E-state index in [4.69, 9.17) is 4.74 Å². The van der Waals surface area contributed by atoms with Crippen molar-refractivity contribution >= 4 is 17.9 Å². The summed E-state index contributed by atoms with van der Waals surface area (Å²) in [6, 6.07) is 25.0. The van der Waals surface area contributed by atoms with E-state index in [1.165, 1.54) is 0 Å². The first-order valence-electron chi connectivity index (χ1n) is 12.3. The molecule has 4 aromatic rings. The van der Waals surface area contributed by atoms with E-state index in [9.17, 15) is 14.7 Å². The van der Waals surface area contributed by atoms with Crippen LogP contribution in [0.15, 0.2) is 85.1 Å². The molecular formula is C31H27N3O4. The second-order valence-electron chi connectivity index (χ2n) is 9.29. The van der Waals surface area contributed by atoms with Crippen LogP contribution in [0.5, 0.6) is 0 Å². The van der Waals surface area contributed by atoms with E-state index in [1.807, 2.05) is 78.9 Å². The topological polar surface area (TPSA) is 93.4 Å². The van der Waals surface area contributed by atoms with Gasteiger partial charge in [0.2, 0.25) is 0 Å². The number of nitrogens with one attached hydrogen (secondary N) is 1. The fourth-order valence-electron chi connectivity index (χ4n) is 4.54. The summed E-state index contributed by atoms with van der Waals surface area (Å²) in [4.78, 5) is 24.4. The number of nitrogens with zero attached hydrogens (tertiary/aromatic N) is 2. The van der Waals surface area contributed by atoms with Crippen molar-refractivity contribution in [3.05, 3.63) is 96.2 Å². The summed E-state index contributed by atoms with van der Waals surface area (Å²) >= 11 is 0. The zero-order valence-electron chi connectivity index (χ0n) is 21.1. The zero-order valence-corrected chi connectivity index (χ0v) is 21.1. The Morgan fingerprint density at radius 2 is 1.58 bits per heavy atom. The van der Waals surface area contributed by atoms with Gasteiger partial charge in [-0.1, -0.05) is 84.8 Å². The minimum atomic E-state index is -0.756. The van der Waals surface area contributed by atoms with Crippen LogP contribution in [0.3, 0.4) is 0 Å². The third-order valence-corrected chi connectivity index (χ3v) is 6.89. The largest absolute Gasteiger partial charge is 0.481 e. The Morgan fingerprint density at radius 1 is 0.974 bits per heavy atom. The molecule has 0 radical (unpaired) electrons. The monoisotopic (exact) mass is 505 g/mol. The lowest BCUT2D eigenvalue weighted by molar-refractivity contribution is -0.140. The number of carboxylic acid groups (broad SMARTS) is 1. The maximum Gasteiger partial charge on any atom is 0.414 e. The van der Waals surface area contributed by atoms with Gasteiger partial charge in [-0.3, -0.25) is 14.8 Å². The molecule has 1 fully saturated rings. The Labute approximate surface area is 221 Å². The molecule has 7 nitrogen and oxygen atoms in total. The van der Waals surface area contributed by atoms with Gasteiger partial charge in [-0.15, -0.1) is 5.92 Å². The number of aromatic nitrogens is 2. The summed E-state index contributed by atoms with van der Waals surface area (Å²) in [7, 11) is 1.75. The van der Waals surface area contributed by atoms with E-state index in [2.05, 4.69) is 22.3 Å². The Kier molecular flexibility index (Phi) is 6.71. The van der Waals surface area contributed by atoms with Crippen molar-refractivity contribution < 1.29 is 19.4 Å². The molecule has 1 heterocycles. The summed E-state index contributed by atoms with van der Waals surface area (Å²) in [6.45, 7) is 1.70. The second kappa shape index (κ2) is 10.3. The van der Waals surface area contributed by atoms with Crippen LogP contribution in [0.1, 0.15) is 37.0 Å². The first kappa shape index (κ1) is 24.8. The molecule has 38 heavy (non-hydrogen) atoms. The molecule has 1 saturated carbocycles. The highest BCUT2D eigenvalue weighted by atomic mass is 16.6. The van der Waals surface area contributed by atoms with Crippen molar-refractivity contribution in [1.82, 2.24) is 9.78 Å². The molecule has 0 saturated heterocycles. The summed E-state index contributed by atoms with van der Waals surface area (Å²) < 4.78 is 7.21. The number of aliphatic carboxylic acids is 1. The fourth-order valence-corrected chi connectivity index (χ4v) is 4.54. The molecular weight excluding hydrogens is 478 g/mol. The summed E-state index contributed by atoms with van der Waals surface area (Å²) in [6.07, 6.45) is 1.75. The lowest BCUT2D eigenvalue weighted by Gasteiger charge is -2.15. The Morgan fingerprint density at radius 3 is 2.16 bits per heavy atom. The van der Waals surface area contributed by atoms with Crippen LogP contribution < -0.4 is 5.32 Å². The average molecular weight is 506 g/mol. The third kappa shape index (κ3) is 4.89. The number of carbonyl (C=O) groups excluding carboxylic acids is 1. The first-order chi connectivity index (χ1) is 18.4. The number of carboxylic acids is 1. The number of hydrogen-bond donors (Lipinski definition) is 2. The van der Waals surface area contributed by atoms with Crippen LogP contribution in [0, 0.1) is 11.8 Å². The smallest absolute Gasteiger partial charge is 0.414 e. The molecule has 0 aliphatic heterocycles. The molecule has 1 atom stereocenters. The summed E-state index contributed by atoms with van der Waals surface area (Å²) in [5.41, 5.74) is 4.56. The standard InChI is InChI=1S/C31H27N3O4/c1-3-7-27(24-8-5-4-6-9-24)38-30(37)33-28-26(20-32-34(28)2)23-12-10-21(11-13-23)22-14-16-25(17-15-22)31(18-19-31)29(35)36/h4-6,8-17,20,27H,18-19H2,1-2H3,(H,33,37)(H,35,36). The van der Waals surface area contributed by atoms with Crippen LogP contribution in [-0.4, -0.2) is 26.9 Å². The molecule has 1 aliphatic rings. The van der Waals surface area contributed by atoms with E-state index in [-0.39, 0.29) is 0 Å². The molecule has 1 amide bonds. The maximum absolute atomic E-state index is 12.8. The Bertz CT molecular complexity index is 1520. The molecule has 3 aromatic carbocycles. The molecule has 1 aliphatic carbocycles. The third-order valence-electron chi connectivity index (χ3n) is 6.89. The highest BCUT2D eigenvalue weighted by Gasteiger charge is 2.51. The number of benzene rings is 3. The molecule has 190 valence electrons. The normalized spacial score (nSPS) is 14.1. The fraction of sp³-hybridized carbons (Fsp3) is 0.194. The number of carbonyl (C=O) groups is 2. The number of anilines is 1. The zero-order chi connectivity index (χ0) is 26.7. The summed E-state index contributed by atoms with van der Waals surface area (Å²) in [5, 5.41) is 16.7. The van der Waals surface area contributed by atoms with Crippen molar-refractivity contribution in [2.45, 2.75) is 31.3 Å². The van der Waals surface area contributed by atoms with Gasteiger partial charge in [0, 0.05) is 18.2 Å². The van der Waals surface area contributed by atoms with Crippen LogP contribution in [-0.2, 0) is 22.0 Å². The van der Waals surface area contributed by atoms with Crippen molar-refractivity contribution in [1.29, 1.82) is 0 Å². The molecule has 1 aromatic heterocycles. The predicted octanol–water partition coefficient (Wildman–Crippen LogP) is 6.18. The van der Waals surface area contributed by atoms with Crippen LogP contribution >= 0.6 is 0 Å². The number of amides is 1. The van der Waals surface area contributed by atoms with E-state index in [0.717, 1.165) is 33.4 Å². The van der Waals surface area contributed by atoms with Crippen molar-refractivity contribution in [3.8, 4) is 34.1 Å².